The number of methoxy groups -OCH3 is 1. The first-order chi connectivity index (χ1) is 7.19. The number of aryl methyl sites for hydroxylation is 1. The summed E-state index contributed by atoms with van der Waals surface area (Å²) in [7, 11) is 1.64. The van der Waals surface area contributed by atoms with E-state index in [0.717, 1.165) is 36.1 Å². The van der Waals surface area contributed by atoms with Gasteiger partial charge in [0.25, 0.3) is 0 Å². The maximum Gasteiger partial charge on any atom is 0.124 e. The van der Waals surface area contributed by atoms with E-state index < -0.39 is 6.10 Å². The minimum Gasteiger partial charge on any atom is -0.496 e. The fourth-order valence-electron chi connectivity index (χ4n) is 1.67. The van der Waals surface area contributed by atoms with E-state index in [-0.39, 0.29) is 0 Å². The summed E-state index contributed by atoms with van der Waals surface area (Å²) in [5.74, 6) is 0.782. The number of aliphatic hydroxyl groups excluding tert-OH is 1. The molecule has 1 atom stereocenters. The lowest BCUT2D eigenvalue weighted by Gasteiger charge is -2.15. The Hall–Kier alpha value is -1.02. The van der Waals surface area contributed by atoms with Gasteiger partial charge in [0.2, 0.25) is 0 Å². The van der Waals surface area contributed by atoms with Gasteiger partial charge in [0.15, 0.2) is 0 Å². The maximum absolute atomic E-state index is 10.0. The first kappa shape index (κ1) is 12.1. The lowest BCUT2D eigenvalue weighted by molar-refractivity contribution is 0.160. The summed E-state index contributed by atoms with van der Waals surface area (Å²) in [6.07, 6.45) is 2.54. The maximum atomic E-state index is 10.0. The average Bonchev–Trinajstić information content (AvgIpc) is 2.25. The number of hydrogen-bond acceptors (Lipinski definition) is 2. The van der Waals surface area contributed by atoms with Gasteiger partial charge in [-0.2, -0.15) is 0 Å². The first-order valence-electron chi connectivity index (χ1n) is 5.51. The molecule has 1 unspecified atom stereocenters. The molecule has 0 amide bonds. The zero-order valence-corrected chi connectivity index (χ0v) is 9.79. The van der Waals surface area contributed by atoms with Crippen molar-refractivity contribution in [2.45, 2.75) is 39.2 Å². The number of aliphatic hydroxyl groups is 1. The van der Waals surface area contributed by atoms with E-state index in [1.54, 1.807) is 7.11 Å². The van der Waals surface area contributed by atoms with Crippen molar-refractivity contribution in [1.82, 2.24) is 0 Å². The smallest absolute Gasteiger partial charge is 0.124 e. The van der Waals surface area contributed by atoms with Crippen LogP contribution in [-0.2, 0) is 0 Å². The second-order valence-corrected chi connectivity index (χ2v) is 3.90. The van der Waals surface area contributed by atoms with Crippen molar-refractivity contribution < 1.29 is 9.84 Å². The molecule has 84 valence electrons. The van der Waals surface area contributed by atoms with Crippen molar-refractivity contribution in [3.8, 4) is 5.75 Å². The molecule has 0 aliphatic carbocycles. The van der Waals surface area contributed by atoms with E-state index in [4.69, 9.17) is 4.74 Å². The Bertz CT molecular complexity index is 307. The van der Waals surface area contributed by atoms with Gasteiger partial charge in [-0.3, -0.25) is 0 Å². The van der Waals surface area contributed by atoms with E-state index >= 15 is 0 Å². The predicted octanol–water partition coefficient (Wildman–Crippen LogP) is 3.23. The molecule has 0 fully saturated rings. The molecule has 0 saturated carbocycles. The number of benzene rings is 1. The molecule has 0 radical (unpaired) electrons. The van der Waals surface area contributed by atoms with Gasteiger partial charge in [-0.15, -0.1) is 0 Å². The largest absolute Gasteiger partial charge is 0.496 e. The molecule has 0 aliphatic heterocycles. The van der Waals surface area contributed by atoms with E-state index in [1.807, 2.05) is 25.1 Å². The first-order valence-corrected chi connectivity index (χ1v) is 5.51. The molecule has 1 rings (SSSR count). The fourth-order valence-corrected chi connectivity index (χ4v) is 1.67. The van der Waals surface area contributed by atoms with Gasteiger partial charge in [-0.05, 0) is 25.5 Å². The van der Waals surface area contributed by atoms with Crippen LogP contribution < -0.4 is 4.74 Å². The normalized spacial score (nSPS) is 12.5. The number of ether oxygens (including phenoxy) is 1. The van der Waals surface area contributed by atoms with Crippen LogP contribution >= 0.6 is 0 Å². The van der Waals surface area contributed by atoms with Crippen molar-refractivity contribution in [2.75, 3.05) is 7.11 Å². The third-order valence-corrected chi connectivity index (χ3v) is 2.58. The molecular formula is C13H20O2. The molecule has 2 nitrogen and oxygen atoms in total. The van der Waals surface area contributed by atoms with Crippen molar-refractivity contribution >= 4 is 0 Å². The van der Waals surface area contributed by atoms with Gasteiger partial charge in [0.05, 0.1) is 13.2 Å². The third kappa shape index (κ3) is 3.24. The van der Waals surface area contributed by atoms with Gasteiger partial charge in [0, 0.05) is 5.56 Å². The molecule has 0 bridgehead atoms. The summed E-state index contributed by atoms with van der Waals surface area (Å²) in [5, 5.41) is 10.0. The van der Waals surface area contributed by atoms with Gasteiger partial charge >= 0.3 is 0 Å². The summed E-state index contributed by atoms with van der Waals surface area (Å²) >= 11 is 0. The highest BCUT2D eigenvalue weighted by atomic mass is 16.5. The quantitative estimate of drug-likeness (QED) is 0.805. The second kappa shape index (κ2) is 5.76. The molecule has 1 aromatic rings. The van der Waals surface area contributed by atoms with Gasteiger partial charge < -0.3 is 9.84 Å². The van der Waals surface area contributed by atoms with Gasteiger partial charge in [-0.25, -0.2) is 0 Å². The Labute approximate surface area is 91.9 Å². The predicted molar refractivity (Wildman–Crippen MR) is 62.2 cm³/mol. The molecule has 0 heterocycles. The molecule has 0 spiro atoms. The lowest BCUT2D eigenvalue weighted by Crippen LogP contribution is -2.01. The summed E-state index contributed by atoms with van der Waals surface area (Å²) < 4.78 is 5.24. The number of unbranched alkanes of at least 4 members (excludes halogenated alkanes) is 1. The molecule has 0 aromatic heterocycles. The van der Waals surface area contributed by atoms with Crippen LogP contribution in [0.5, 0.6) is 5.75 Å². The third-order valence-electron chi connectivity index (χ3n) is 2.58. The van der Waals surface area contributed by atoms with Crippen LogP contribution in [0.3, 0.4) is 0 Å². The van der Waals surface area contributed by atoms with E-state index in [9.17, 15) is 5.11 Å². The Morgan fingerprint density at radius 2 is 2.13 bits per heavy atom. The Morgan fingerprint density at radius 3 is 2.73 bits per heavy atom. The van der Waals surface area contributed by atoms with Crippen LogP contribution in [0.1, 0.15) is 43.4 Å². The van der Waals surface area contributed by atoms with Crippen LogP contribution in [0.2, 0.25) is 0 Å². The monoisotopic (exact) mass is 208 g/mol. The van der Waals surface area contributed by atoms with Crippen LogP contribution in [0.15, 0.2) is 18.2 Å². The molecule has 15 heavy (non-hydrogen) atoms. The van der Waals surface area contributed by atoms with Crippen molar-refractivity contribution in [2.24, 2.45) is 0 Å². The Balaban J connectivity index is 2.85. The zero-order valence-electron chi connectivity index (χ0n) is 9.79. The van der Waals surface area contributed by atoms with Crippen LogP contribution in [0, 0.1) is 6.92 Å². The SMILES string of the molecule is CCCCC(O)c1cc(C)ccc1OC. The van der Waals surface area contributed by atoms with Crippen LogP contribution in [0.4, 0.5) is 0 Å². The molecule has 0 aliphatic rings. The molecule has 2 heteroatoms. The van der Waals surface area contributed by atoms with E-state index in [2.05, 4.69) is 6.92 Å². The summed E-state index contributed by atoms with van der Waals surface area (Å²) in [6, 6.07) is 5.91. The van der Waals surface area contributed by atoms with Crippen molar-refractivity contribution in [3.05, 3.63) is 29.3 Å². The highest BCUT2D eigenvalue weighted by Gasteiger charge is 2.12. The Kier molecular flexibility index (Phi) is 4.63. The van der Waals surface area contributed by atoms with E-state index in [0.29, 0.717) is 0 Å². The van der Waals surface area contributed by atoms with Crippen LogP contribution in [-0.4, -0.2) is 12.2 Å². The summed E-state index contributed by atoms with van der Waals surface area (Å²) in [4.78, 5) is 0. The van der Waals surface area contributed by atoms with E-state index in [1.165, 1.54) is 0 Å². The number of rotatable bonds is 5. The Morgan fingerprint density at radius 1 is 1.40 bits per heavy atom. The minimum atomic E-state index is -0.403. The van der Waals surface area contributed by atoms with Crippen molar-refractivity contribution in [3.63, 3.8) is 0 Å². The highest BCUT2D eigenvalue weighted by molar-refractivity contribution is 5.38. The van der Waals surface area contributed by atoms with Crippen LogP contribution in [0.25, 0.3) is 0 Å². The molecular weight excluding hydrogens is 188 g/mol. The standard InChI is InChI=1S/C13H20O2/c1-4-5-6-12(14)11-9-10(2)7-8-13(11)15-3/h7-9,12,14H,4-6H2,1-3H3. The minimum absolute atomic E-state index is 0.403. The second-order valence-electron chi connectivity index (χ2n) is 3.90. The summed E-state index contributed by atoms with van der Waals surface area (Å²) in [6.45, 7) is 4.15. The fraction of sp³-hybridized carbons (Fsp3) is 0.538. The molecule has 1 aromatic carbocycles. The average molecular weight is 208 g/mol. The van der Waals surface area contributed by atoms with Crippen molar-refractivity contribution in [1.29, 1.82) is 0 Å². The lowest BCUT2D eigenvalue weighted by atomic mass is 10.0. The van der Waals surface area contributed by atoms with Gasteiger partial charge in [-0.1, -0.05) is 31.4 Å². The number of hydrogen-bond donors (Lipinski definition) is 1. The topological polar surface area (TPSA) is 29.5 Å². The molecule has 0 saturated heterocycles. The van der Waals surface area contributed by atoms with Gasteiger partial charge in [0.1, 0.15) is 5.75 Å². The highest BCUT2D eigenvalue weighted by Crippen LogP contribution is 2.29. The molecule has 1 N–H and O–H groups in total. The zero-order chi connectivity index (χ0) is 11.3. The summed E-state index contributed by atoms with van der Waals surface area (Å²) in [5.41, 5.74) is 2.06.